The second kappa shape index (κ2) is 6.77. The summed E-state index contributed by atoms with van der Waals surface area (Å²) < 4.78 is 13.9. The van der Waals surface area contributed by atoms with Crippen molar-refractivity contribution < 1.29 is 14.0 Å². The van der Waals surface area contributed by atoms with Crippen LogP contribution in [-0.2, 0) is 4.79 Å². The van der Waals surface area contributed by atoms with Crippen molar-refractivity contribution >= 4 is 40.1 Å². The van der Waals surface area contributed by atoms with E-state index in [9.17, 15) is 14.0 Å². The third-order valence-corrected chi connectivity index (χ3v) is 4.90. The van der Waals surface area contributed by atoms with E-state index in [1.165, 1.54) is 18.2 Å². The van der Waals surface area contributed by atoms with Crippen molar-refractivity contribution in [3.63, 3.8) is 0 Å². The summed E-state index contributed by atoms with van der Waals surface area (Å²) in [6.45, 7) is 0.922. The van der Waals surface area contributed by atoms with E-state index >= 15 is 0 Å². The van der Waals surface area contributed by atoms with Crippen LogP contribution in [0, 0.1) is 5.82 Å². The lowest BCUT2D eigenvalue weighted by molar-refractivity contribution is -0.123. The number of carbonyl (C=O) groups excluding carboxylic acids is 2. The van der Waals surface area contributed by atoms with Crippen molar-refractivity contribution in [2.75, 3.05) is 6.54 Å². The van der Waals surface area contributed by atoms with Gasteiger partial charge in [0.25, 0.3) is 11.8 Å². The molecular formula is C15H14FN3O2S2. The third-order valence-electron chi connectivity index (χ3n) is 3.58. The molecule has 2 amide bonds. The Bertz CT molecular complexity index is 702. The smallest absolute Gasteiger partial charge is 0.284 e. The maximum atomic E-state index is 13.6. The van der Waals surface area contributed by atoms with Gasteiger partial charge in [0.1, 0.15) is 5.82 Å². The molecule has 120 valence electrons. The third kappa shape index (κ3) is 3.44. The molecule has 23 heavy (non-hydrogen) atoms. The van der Waals surface area contributed by atoms with Crippen LogP contribution in [0.2, 0.25) is 0 Å². The largest absolute Gasteiger partial charge is 0.310 e. The number of nitrogens with one attached hydrogen (secondary N) is 2. The van der Waals surface area contributed by atoms with Crippen LogP contribution in [0.3, 0.4) is 0 Å². The second-order valence-electron chi connectivity index (χ2n) is 5.16. The van der Waals surface area contributed by atoms with Crippen LogP contribution in [-0.4, -0.2) is 33.7 Å². The molecule has 0 radical (unpaired) electrons. The SMILES string of the molecule is O=C(NN1C(=O)/C(=C/C2CCCN2)SC1=S)c1ccccc1F. The lowest BCUT2D eigenvalue weighted by Crippen LogP contribution is -2.45. The lowest BCUT2D eigenvalue weighted by Gasteiger charge is -2.15. The zero-order chi connectivity index (χ0) is 16.4. The van der Waals surface area contributed by atoms with Crippen LogP contribution in [0.5, 0.6) is 0 Å². The number of hydrogen-bond acceptors (Lipinski definition) is 5. The molecule has 3 rings (SSSR count). The maximum Gasteiger partial charge on any atom is 0.284 e. The Kier molecular flexibility index (Phi) is 4.74. The van der Waals surface area contributed by atoms with Gasteiger partial charge in [0.15, 0.2) is 4.32 Å². The van der Waals surface area contributed by atoms with Gasteiger partial charge in [-0.3, -0.25) is 15.0 Å². The fourth-order valence-corrected chi connectivity index (χ4v) is 3.64. The number of thioether (sulfide) groups is 1. The van der Waals surface area contributed by atoms with Gasteiger partial charge in [0.05, 0.1) is 10.5 Å². The molecule has 0 saturated carbocycles. The Labute approximate surface area is 142 Å². The highest BCUT2D eigenvalue weighted by Gasteiger charge is 2.34. The topological polar surface area (TPSA) is 61.4 Å². The number of nitrogens with zero attached hydrogens (tertiary/aromatic N) is 1. The highest BCUT2D eigenvalue weighted by molar-refractivity contribution is 8.26. The molecule has 1 aromatic rings. The highest BCUT2D eigenvalue weighted by Crippen LogP contribution is 2.30. The molecule has 0 aromatic heterocycles. The van der Waals surface area contributed by atoms with Crippen molar-refractivity contribution in [2.24, 2.45) is 0 Å². The van der Waals surface area contributed by atoms with Crippen LogP contribution < -0.4 is 10.7 Å². The zero-order valence-corrected chi connectivity index (χ0v) is 13.7. The fraction of sp³-hybridized carbons (Fsp3) is 0.267. The van der Waals surface area contributed by atoms with Gasteiger partial charge in [-0.05, 0) is 49.8 Å². The minimum atomic E-state index is -0.709. The van der Waals surface area contributed by atoms with E-state index in [-0.39, 0.29) is 15.9 Å². The Balaban J connectivity index is 1.73. The number of benzene rings is 1. The molecule has 2 aliphatic rings. The zero-order valence-electron chi connectivity index (χ0n) is 12.0. The minimum Gasteiger partial charge on any atom is -0.310 e. The molecule has 0 aliphatic carbocycles. The van der Waals surface area contributed by atoms with E-state index < -0.39 is 17.6 Å². The first-order valence-electron chi connectivity index (χ1n) is 7.13. The number of amides is 2. The molecular weight excluding hydrogens is 337 g/mol. The molecule has 0 bridgehead atoms. The van der Waals surface area contributed by atoms with Crippen LogP contribution in [0.15, 0.2) is 35.2 Å². The van der Waals surface area contributed by atoms with Gasteiger partial charge in [-0.25, -0.2) is 4.39 Å². The van der Waals surface area contributed by atoms with Crippen molar-refractivity contribution in [3.05, 3.63) is 46.6 Å². The minimum absolute atomic E-state index is 0.136. The number of carbonyl (C=O) groups is 2. The van der Waals surface area contributed by atoms with E-state index in [1.54, 1.807) is 6.07 Å². The van der Waals surface area contributed by atoms with Gasteiger partial charge in [-0.15, -0.1) is 0 Å². The molecule has 2 N–H and O–H groups in total. The predicted molar refractivity (Wildman–Crippen MR) is 90.0 cm³/mol. The average molecular weight is 351 g/mol. The molecule has 1 unspecified atom stereocenters. The van der Waals surface area contributed by atoms with E-state index in [1.807, 2.05) is 6.08 Å². The number of thiocarbonyl (C=S) groups is 1. The number of hydrogen-bond donors (Lipinski definition) is 2. The predicted octanol–water partition coefficient (Wildman–Crippen LogP) is 1.97. The average Bonchev–Trinajstić information content (AvgIpc) is 3.12. The summed E-state index contributed by atoms with van der Waals surface area (Å²) in [5.41, 5.74) is 2.24. The summed E-state index contributed by atoms with van der Waals surface area (Å²) in [5.74, 6) is -1.75. The van der Waals surface area contributed by atoms with Gasteiger partial charge in [-0.2, -0.15) is 5.01 Å². The maximum absolute atomic E-state index is 13.6. The lowest BCUT2D eigenvalue weighted by atomic mass is 10.2. The molecule has 2 aliphatic heterocycles. The molecule has 2 saturated heterocycles. The first-order chi connectivity index (χ1) is 11.1. The van der Waals surface area contributed by atoms with Crippen molar-refractivity contribution in [1.29, 1.82) is 0 Å². The van der Waals surface area contributed by atoms with Crippen LogP contribution in [0.4, 0.5) is 4.39 Å². The molecule has 1 atom stereocenters. The van der Waals surface area contributed by atoms with E-state index in [4.69, 9.17) is 12.2 Å². The van der Waals surface area contributed by atoms with Crippen molar-refractivity contribution in [1.82, 2.24) is 15.8 Å². The van der Waals surface area contributed by atoms with Crippen LogP contribution >= 0.6 is 24.0 Å². The molecule has 2 fully saturated rings. The van der Waals surface area contributed by atoms with E-state index in [2.05, 4.69) is 10.7 Å². The molecule has 2 heterocycles. The van der Waals surface area contributed by atoms with Gasteiger partial charge in [0, 0.05) is 6.04 Å². The van der Waals surface area contributed by atoms with Crippen molar-refractivity contribution in [3.8, 4) is 0 Å². The van der Waals surface area contributed by atoms with E-state index in [0.29, 0.717) is 4.91 Å². The standard InChI is InChI=1S/C15H14FN3O2S2/c16-11-6-2-1-5-10(11)13(20)18-19-14(21)12(23-15(19)22)8-9-4-3-7-17-9/h1-2,5-6,8-9,17H,3-4,7H2,(H,18,20)/b12-8-. The Morgan fingerprint density at radius 2 is 2.26 bits per heavy atom. The summed E-state index contributed by atoms with van der Waals surface area (Å²) in [7, 11) is 0. The quantitative estimate of drug-likeness (QED) is 0.644. The molecule has 0 spiro atoms. The Morgan fingerprint density at radius 1 is 1.48 bits per heavy atom. The molecule has 1 aromatic carbocycles. The summed E-state index contributed by atoms with van der Waals surface area (Å²) in [6.07, 6.45) is 3.86. The summed E-state index contributed by atoms with van der Waals surface area (Å²) in [4.78, 5) is 25.0. The van der Waals surface area contributed by atoms with Crippen LogP contribution in [0.25, 0.3) is 0 Å². The summed E-state index contributed by atoms with van der Waals surface area (Å²) in [6, 6.07) is 5.72. The monoisotopic (exact) mass is 351 g/mol. The fourth-order valence-electron chi connectivity index (χ4n) is 2.42. The normalized spacial score (nSPS) is 22.9. The summed E-state index contributed by atoms with van der Waals surface area (Å²) >= 11 is 6.27. The highest BCUT2D eigenvalue weighted by atomic mass is 32.2. The number of halogens is 1. The van der Waals surface area contributed by atoms with Gasteiger partial charge in [0.2, 0.25) is 0 Å². The van der Waals surface area contributed by atoms with Crippen LogP contribution in [0.1, 0.15) is 23.2 Å². The second-order valence-corrected chi connectivity index (χ2v) is 6.84. The summed E-state index contributed by atoms with van der Waals surface area (Å²) in [5, 5.41) is 4.26. The van der Waals surface area contributed by atoms with Gasteiger partial charge < -0.3 is 5.32 Å². The van der Waals surface area contributed by atoms with Gasteiger partial charge >= 0.3 is 0 Å². The Morgan fingerprint density at radius 3 is 2.96 bits per heavy atom. The number of hydrazine groups is 1. The van der Waals surface area contributed by atoms with Gasteiger partial charge in [-0.1, -0.05) is 23.9 Å². The molecule has 5 nitrogen and oxygen atoms in total. The Hall–Kier alpha value is -1.77. The molecule has 8 heteroatoms. The first kappa shape index (κ1) is 16.1. The van der Waals surface area contributed by atoms with E-state index in [0.717, 1.165) is 36.2 Å². The number of rotatable bonds is 3. The van der Waals surface area contributed by atoms with Crippen molar-refractivity contribution in [2.45, 2.75) is 18.9 Å². The first-order valence-corrected chi connectivity index (χ1v) is 8.36.